The van der Waals surface area contributed by atoms with Crippen LogP contribution in [0.15, 0.2) is 132 Å². The molecule has 2 fully saturated rings. The van der Waals surface area contributed by atoms with Crippen molar-refractivity contribution in [3.05, 3.63) is 144 Å². The molecule has 210 valence electrons. The third kappa shape index (κ3) is 3.11. The van der Waals surface area contributed by atoms with Crippen LogP contribution < -0.4 is 0 Å². The molecule has 2 saturated carbocycles. The van der Waals surface area contributed by atoms with Gasteiger partial charge in [0.25, 0.3) is 0 Å². The summed E-state index contributed by atoms with van der Waals surface area (Å²) < 4.78 is 5.08. The Morgan fingerprint density at radius 1 is 0.523 bits per heavy atom. The SMILES string of the molecule is C1=CC2CC2C2=C(C1)C1CC1c1c(c3ccccc3n1-c1ccc(-n3c4ccccc4c4c5ccccc5ccc43)cc1)C2. The number of hydrogen-bond donors (Lipinski definition) is 0. The Morgan fingerprint density at radius 3 is 2.07 bits per heavy atom. The van der Waals surface area contributed by atoms with Crippen LogP contribution >= 0.6 is 0 Å². The van der Waals surface area contributed by atoms with Crippen LogP contribution in [0.3, 0.4) is 0 Å². The lowest BCUT2D eigenvalue weighted by molar-refractivity contribution is 0.822. The first-order chi connectivity index (χ1) is 21.8. The predicted molar refractivity (Wildman–Crippen MR) is 182 cm³/mol. The Balaban J connectivity index is 1.09. The summed E-state index contributed by atoms with van der Waals surface area (Å²) in [7, 11) is 0. The number of hydrogen-bond acceptors (Lipinski definition) is 0. The lowest BCUT2D eigenvalue weighted by Gasteiger charge is -2.14. The van der Waals surface area contributed by atoms with E-state index in [9.17, 15) is 0 Å². The second kappa shape index (κ2) is 8.42. The van der Waals surface area contributed by atoms with E-state index in [0.717, 1.165) is 24.2 Å². The molecule has 0 radical (unpaired) electrons. The average molecular weight is 565 g/mol. The summed E-state index contributed by atoms with van der Waals surface area (Å²) >= 11 is 0. The van der Waals surface area contributed by atoms with Gasteiger partial charge in [-0.3, -0.25) is 0 Å². The largest absolute Gasteiger partial charge is 0.313 e. The van der Waals surface area contributed by atoms with E-state index in [1.807, 2.05) is 0 Å². The first-order valence-electron chi connectivity index (χ1n) is 16.4. The molecule has 4 atom stereocenters. The van der Waals surface area contributed by atoms with E-state index in [-0.39, 0.29) is 0 Å². The van der Waals surface area contributed by atoms with Gasteiger partial charge in [-0.15, -0.1) is 0 Å². The van der Waals surface area contributed by atoms with Crippen LogP contribution in [-0.2, 0) is 6.42 Å². The monoisotopic (exact) mass is 564 g/mol. The molecule has 2 nitrogen and oxygen atoms in total. The van der Waals surface area contributed by atoms with Gasteiger partial charge in [0.2, 0.25) is 0 Å². The van der Waals surface area contributed by atoms with Crippen molar-refractivity contribution in [2.75, 3.05) is 0 Å². The van der Waals surface area contributed by atoms with Gasteiger partial charge in [0.15, 0.2) is 0 Å². The van der Waals surface area contributed by atoms with Crippen molar-refractivity contribution in [3.63, 3.8) is 0 Å². The molecule has 7 aromatic rings. The number of rotatable bonds is 2. The van der Waals surface area contributed by atoms with Crippen LogP contribution in [0.5, 0.6) is 0 Å². The molecule has 5 aromatic carbocycles. The van der Waals surface area contributed by atoms with E-state index in [1.54, 1.807) is 22.4 Å². The van der Waals surface area contributed by atoms with Gasteiger partial charge in [0, 0.05) is 39.1 Å². The summed E-state index contributed by atoms with van der Waals surface area (Å²) in [5.74, 6) is 2.95. The minimum absolute atomic E-state index is 0.638. The average Bonchev–Trinajstić information content (AvgIpc) is 3.97. The molecule has 2 heterocycles. The summed E-state index contributed by atoms with van der Waals surface area (Å²) in [5.41, 5.74) is 13.1. The maximum Gasteiger partial charge on any atom is 0.0547 e. The molecule has 0 amide bonds. The van der Waals surface area contributed by atoms with Crippen LogP contribution in [0, 0.1) is 17.8 Å². The summed E-state index contributed by atoms with van der Waals surface area (Å²) in [6.07, 6.45) is 9.99. The highest BCUT2D eigenvalue weighted by Crippen LogP contribution is 2.62. The third-order valence-corrected chi connectivity index (χ3v) is 11.3. The van der Waals surface area contributed by atoms with Crippen molar-refractivity contribution in [1.82, 2.24) is 9.13 Å². The molecule has 2 heteroatoms. The summed E-state index contributed by atoms with van der Waals surface area (Å²) in [5, 5.41) is 6.71. The van der Waals surface area contributed by atoms with Gasteiger partial charge >= 0.3 is 0 Å². The smallest absolute Gasteiger partial charge is 0.0547 e. The van der Waals surface area contributed by atoms with Crippen molar-refractivity contribution in [2.24, 2.45) is 17.8 Å². The maximum absolute atomic E-state index is 2.63. The van der Waals surface area contributed by atoms with Crippen LogP contribution in [0.25, 0.3) is 54.9 Å². The number of nitrogens with zero attached hydrogens (tertiary/aromatic N) is 2. The Labute approximate surface area is 256 Å². The van der Waals surface area contributed by atoms with Crippen molar-refractivity contribution in [1.29, 1.82) is 0 Å². The van der Waals surface area contributed by atoms with Crippen molar-refractivity contribution >= 4 is 43.5 Å². The molecule has 11 rings (SSSR count). The second-order valence-corrected chi connectivity index (χ2v) is 13.6. The molecule has 4 aliphatic rings. The topological polar surface area (TPSA) is 9.86 Å². The van der Waals surface area contributed by atoms with Gasteiger partial charge in [0.1, 0.15) is 0 Å². The molecule has 0 N–H and O–H groups in total. The third-order valence-electron chi connectivity index (χ3n) is 11.3. The molecule has 0 saturated heterocycles. The van der Waals surface area contributed by atoms with E-state index in [0.29, 0.717) is 5.92 Å². The Morgan fingerprint density at radius 2 is 1.23 bits per heavy atom. The van der Waals surface area contributed by atoms with Crippen molar-refractivity contribution in [3.8, 4) is 11.4 Å². The molecular formula is C42H32N2. The highest BCUT2D eigenvalue weighted by Gasteiger charge is 2.51. The lowest BCUT2D eigenvalue weighted by atomic mass is 9.93. The van der Waals surface area contributed by atoms with Crippen LogP contribution in [0.4, 0.5) is 0 Å². The molecule has 4 aliphatic carbocycles. The summed E-state index contributed by atoms with van der Waals surface area (Å²) in [6.45, 7) is 0. The summed E-state index contributed by atoms with van der Waals surface area (Å²) in [6, 6.07) is 40.8. The number of aromatic nitrogens is 2. The van der Waals surface area contributed by atoms with Gasteiger partial charge in [-0.25, -0.2) is 0 Å². The number of benzene rings is 5. The fraction of sp³-hybridized carbons (Fsp3) is 0.190. The lowest BCUT2D eigenvalue weighted by Crippen LogP contribution is -2.02. The van der Waals surface area contributed by atoms with Gasteiger partial charge in [-0.2, -0.15) is 0 Å². The van der Waals surface area contributed by atoms with E-state index >= 15 is 0 Å². The predicted octanol–water partition coefficient (Wildman–Crippen LogP) is 10.4. The minimum Gasteiger partial charge on any atom is -0.313 e. The Kier molecular flexibility index (Phi) is 4.52. The molecule has 0 spiro atoms. The van der Waals surface area contributed by atoms with Crippen LogP contribution in [0.2, 0.25) is 0 Å². The fourth-order valence-corrected chi connectivity index (χ4v) is 9.22. The van der Waals surface area contributed by atoms with Gasteiger partial charge in [-0.05, 0) is 102 Å². The number of allylic oxidation sites excluding steroid dienone is 4. The zero-order chi connectivity index (χ0) is 28.5. The zero-order valence-corrected chi connectivity index (χ0v) is 24.6. The first kappa shape index (κ1) is 23.6. The van der Waals surface area contributed by atoms with E-state index in [2.05, 4.69) is 130 Å². The Bertz CT molecular complexity index is 2410. The van der Waals surface area contributed by atoms with Crippen molar-refractivity contribution in [2.45, 2.75) is 31.6 Å². The maximum atomic E-state index is 2.63. The van der Waals surface area contributed by atoms with Crippen LogP contribution in [0.1, 0.15) is 36.4 Å². The zero-order valence-electron chi connectivity index (χ0n) is 24.6. The molecule has 0 bridgehead atoms. The quantitative estimate of drug-likeness (QED) is 0.185. The molecule has 0 aliphatic heterocycles. The molecule has 44 heavy (non-hydrogen) atoms. The number of para-hydroxylation sites is 2. The van der Waals surface area contributed by atoms with Gasteiger partial charge in [0.05, 0.1) is 16.6 Å². The molecular weight excluding hydrogens is 532 g/mol. The highest BCUT2D eigenvalue weighted by molar-refractivity contribution is 6.21. The molecule has 2 aromatic heterocycles. The summed E-state index contributed by atoms with van der Waals surface area (Å²) in [4.78, 5) is 0. The molecule has 4 unspecified atom stereocenters. The van der Waals surface area contributed by atoms with Gasteiger partial charge in [-0.1, -0.05) is 90.0 Å². The minimum atomic E-state index is 0.638. The number of fused-ring (bicyclic) bond motifs is 13. The normalized spacial score (nSPS) is 23.4. The second-order valence-electron chi connectivity index (χ2n) is 13.6. The van der Waals surface area contributed by atoms with Crippen LogP contribution in [-0.4, -0.2) is 9.13 Å². The van der Waals surface area contributed by atoms with Gasteiger partial charge < -0.3 is 9.13 Å². The van der Waals surface area contributed by atoms with E-state index in [1.165, 1.54) is 74.1 Å². The highest BCUT2D eigenvalue weighted by atomic mass is 15.0. The Hall–Kier alpha value is -4.82. The van der Waals surface area contributed by atoms with E-state index in [4.69, 9.17) is 0 Å². The first-order valence-corrected chi connectivity index (χ1v) is 16.4. The fourth-order valence-electron chi connectivity index (χ4n) is 9.22. The standard InChI is InChI=1S/C42H32N2/c1-2-10-29-25(8-1)16-21-40-41(29)32-12-4-6-15-39(32)43(40)27-17-19-28(20-18-27)44-38-14-5-3-11-31(38)36-23-34-30(35-24-37(35)42(36)44)13-7-9-26-22-33(26)34/h1-12,14-21,26,33,35,37H,13,22-24H2. The van der Waals surface area contributed by atoms with Crippen molar-refractivity contribution < 1.29 is 0 Å². The van der Waals surface area contributed by atoms with E-state index < -0.39 is 0 Å².